The molecule has 0 heterocycles. The van der Waals surface area contributed by atoms with Gasteiger partial charge in [-0.2, -0.15) is 13.2 Å². The fourth-order valence-electron chi connectivity index (χ4n) is 3.32. The fraction of sp³-hybridized carbons (Fsp3) is 0.200. The van der Waals surface area contributed by atoms with Gasteiger partial charge in [-0.25, -0.2) is 17.6 Å². The number of amides is 2. The molecule has 0 saturated carbocycles. The van der Waals surface area contributed by atoms with Crippen LogP contribution in [0.5, 0.6) is 0 Å². The lowest BCUT2D eigenvalue weighted by Gasteiger charge is -2.18. The van der Waals surface area contributed by atoms with E-state index in [1.807, 2.05) is 0 Å². The van der Waals surface area contributed by atoms with E-state index in [0.29, 0.717) is 15.6 Å². The maximum Gasteiger partial charge on any atom is 0.422 e. The van der Waals surface area contributed by atoms with Gasteiger partial charge in [-0.15, -0.1) is 11.8 Å². The van der Waals surface area contributed by atoms with E-state index in [4.69, 9.17) is 11.6 Å². The Bertz CT molecular complexity index is 1320. The Morgan fingerprint density at radius 1 is 0.921 bits per heavy atom. The van der Waals surface area contributed by atoms with E-state index in [9.17, 15) is 40.3 Å². The molecule has 0 fully saturated rings. The van der Waals surface area contributed by atoms with Gasteiger partial charge in [-0.05, 0) is 42.3 Å². The summed E-state index contributed by atoms with van der Waals surface area (Å²) in [4.78, 5) is 25.4. The first-order valence-electron chi connectivity index (χ1n) is 10.9. The van der Waals surface area contributed by atoms with Gasteiger partial charge in [0.25, 0.3) is 0 Å². The molecule has 0 aliphatic rings. The van der Waals surface area contributed by atoms with Crippen molar-refractivity contribution in [3.63, 3.8) is 0 Å². The number of thioether (sulfide) groups is 1. The minimum absolute atomic E-state index is 0.0614. The molecule has 38 heavy (non-hydrogen) atoms. The van der Waals surface area contributed by atoms with Crippen molar-refractivity contribution in [3.05, 3.63) is 87.9 Å². The summed E-state index contributed by atoms with van der Waals surface area (Å²) in [5.74, 6) is -11.5. The average molecular weight is 579 g/mol. The molecule has 0 radical (unpaired) electrons. The van der Waals surface area contributed by atoms with Crippen molar-refractivity contribution in [2.24, 2.45) is 0 Å². The molecule has 3 aromatic rings. The van der Waals surface area contributed by atoms with Crippen LogP contribution < -0.4 is 10.6 Å². The molecular formula is C25H18ClF7N2O2S. The third-order valence-corrected chi connectivity index (χ3v) is 6.74. The van der Waals surface area contributed by atoms with Gasteiger partial charge < -0.3 is 10.6 Å². The Kier molecular flexibility index (Phi) is 9.31. The van der Waals surface area contributed by atoms with Crippen molar-refractivity contribution in [2.45, 2.75) is 36.1 Å². The van der Waals surface area contributed by atoms with E-state index < -0.39 is 51.9 Å². The Balaban J connectivity index is 1.73. The molecule has 2 N–H and O–H groups in total. The molecule has 1 unspecified atom stereocenters. The van der Waals surface area contributed by atoms with Crippen molar-refractivity contribution >= 4 is 46.6 Å². The molecule has 0 aliphatic carbocycles. The number of halogens is 8. The number of alkyl halides is 3. The van der Waals surface area contributed by atoms with Crippen molar-refractivity contribution in [1.82, 2.24) is 0 Å². The zero-order valence-electron chi connectivity index (χ0n) is 19.4. The normalized spacial score (nSPS) is 12.2. The predicted molar refractivity (Wildman–Crippen MR) is 130 cm³/mol. The summed E-state index contributed by atoms with van der Waals surface area (Å²) in [6, 6.07) is 12.9. The molecule has 1 atom stereocenters. The van der Waals surface area contributed by atoms with Gasteiger partial charge in [0.2, 0.25) is 11.8 Å². The summed E-state index contributed by atoms with van der Waals surface area (Å²) in [6.45, 7) is 1.54. The van der Waals surface area contributed by atoms with E-state index in [0.717, 1.165) is 17.3 Å². The first-order chi connectivity index (χ1) is 17.8. The van der Waals surface area contributed by atoms with Gasteiger partial charge in [0, 0.05) is 15.6 Å². The fourth-order valence-corrected chi connectivity index (χ4v) is 4.46. The molecule has 0 saturated heterocycles. The van der Waals surface area contributed by atoms with E-state index in [1.54, 1.807) is 47.8 Å². The highest BCUT2D eigenvalue weighted by atomic mass is 35.5. The maximum atomic E-state index is 14.2. The van der Waals surface area contributed by atoms with Crippen LogP contribution >= 0.6 is 23.4 Å². The highest BCUT2D eigenvalue weighted by Gasteiger charge is 2.42. The molecule has 0 bridgehead atoms. The second kappa shape index (κ2) is 12.1. The number of hydrogen-bond donors (Lipinski definition) is 2. The Morgan fingerprint density at radius 3 is 2.08 bits per heavy atom. The Hall–Kier alpha value is -3.25. The van der Waals surface area contributed by atoms with Gasteiger partial charge in [-0.3, -0.25) is 9.59 Å². The van der Waals surface area contributed by atoms with Crippen LogP contribution in [-0.2, 0) is 22.2 Å². The van der Waals surface area contributed by atoms with Crippen molar-refractivity contribution in [3.8, 4) is 0 Å². The van der Waals surface area contributed by atoms with Crippen LogP contribution in [0.2, 0.25) is 5.02 Å². The third-order valence-electron chi connectivity index (χ3n) is 5.13. The van der Waals surface area contributed by atoms with Gasteiger partial charge in [-0.1, -0.05) is 36.7 Å². The number of anilines is 2. The Morgan fingerprint density at radius 2 is 1.53 bits per heavy atom. The lowest BCUT2D eigenvalue weighted by molar-refractivity contribution is -0.143. The standard InChI is InChI=1S/C25H18ClF7N2O2S/c1-2-16(24(37)35-23-21(29)19(27)18(25(31,32)33)20(28)22(23)30)38-15-5-3-4-14(11-15)34-17(36)10-12-6-8-13(26)9-7-12/h3-9,11,16H,2,10H2,1H3,(H,34,36)(H,35,37). The molecule has 4 nitrogen and oxygen atoms in total. The third kappa shape index (κ3) is 6.98. The summed E-state index contributed by atoms with van der Waals surface area (Å²) in [6.07, 6.45) is -5.57. The van der Waals surface area contributed by atoms with Crippen LogP contribution in [0.4, 0.5) is 42.1 Å². The van der Waals surface area contributed by atoms with Gasteiger partial charge >= 0.3 is 6.18 Å². The molecule has 0 aromatic heterocycles. The van der Waals surface area contributed by atoms with E-state index in [2.05, 4.69) is 5.32 Å². The first kappa shape index (κ1) is 29.3. The second-order valence-electron chi connectivity index (χ2n) is 7.89. The number of rotatable bonds is 8. The van der Waals surface area contributed by atoms with Gasteiger partial charge in [0.05, 0.1) is 11.7 Å². The van der Waals surface area contributed by atoms with Crippen LogP contribution in [0.1, 0.15) is 24.5 Å². The van der Waals surface area contributed by atoms with Crippen molar-refractivity contribution < 1.29 is 40.3 Å². The summed E-state index contributed by atoms with van der Waals surface area (Å²) < 4.78 is 94.5. The SMILES string of the molecule is CCC(Sc1cccc(NC(=O)Cc2ccc(Cl)cc2)c1)C(=O)Nc1c(F)c(F)c(C(F)(F)F)c(F)c1F. The molecule has 13 heteroatoms. The minimum Gasteiger partial charge on any atom is -0.326 e. The van der Waals surface area contributed by atoms with E-state index in [1.165, 1.54) is 13.0 Å². The quantitative estimate of drug-likeness (QED) is 0.164. The molecule has 0 spiro atoms. The predicted octanol–water partition coefficient (Wildman–Crippen LogP) is 7.61. The van der Waals surface area contributed by atoms with Gasteiger partial charge in [0.15, 0.2) is 23.3 Å². The highest BCUT2D eigenvalue weighted by Crippen LogP contribution is 2.39. The van der Waals surface area contributed by atoms with E-state index in [-0.39, 0.29) is 18.7 Å². The number of carbonyl (C=O) groups is 2. The van der Waals surface area contributed by atoms with Crippen LogP contribution in [-0.4, -0.2) is 17.1 Å². The topological polar surface area (TPSA) is 58.2 Å². The van der Waals surface area contributed by atoms with Crippen LogP contribution in [0, 0.1) is 23.3 Å². The maximum absolute atomic E-state index is 14.2. The van der Waals surface area contributed by atoms with Crippen LogP contribution in [0.25, 0.3) is 0 Å². The summed E-state index contributed by atoms with van der Waals surface area (Å²) in [7, 11) is 0. The van der Waals surface area contributed by atoms with Crippen LogP contribution in [0.15, 0.2) is 53.4 Å². The minimum atomic E-state index is -5.70. The first-order valence-corrected chi connectivity index (χ1v) is 12.1. The summed E-state index contributed by atoms with van der Waals surface area (Å²) in [5, 5.41) is 3.80. The Labute approximate surface area is 221 Å². The highest BCUT2D eigenvalue weighted by molar-refractivity contribution is 8.00. The monoisotopic (exact) mass is 578 g/mol. The van der Waals surface area contributed by atoms with Crippen LogP contribution in [0.3, 0.4) is 0 Å². The second-order valence-corrected chi connectivity index (χ2v) is 9.60. The molecule has 0 aliphatic heterocycles. The largest absolute Gasteiger partial charge is 0.422 e. The van der Waals surface area contributed by atoms with E-state index >= 15 is 0 Å². The van der Waals surface area contributed by atoms with Gasteiger partial charge in [0.1, 0.15) is 11.3 Å². The molecule has 3 aromatic carbocycles. The molecule has 202 valence electrons. The number of carbonyl (C=O) groups excluding carboxylic acids is 2. The number of nitrogens with one attached hydrogen (secondary N) is 2. The zero-order chi connectivity index (χ0) is 28.2. The molecule has 3 rings (SSSR count). The number of benzene rings is 3. The van der Waals surface area contributed by atoms with Crippen molar-refractivity contribution in [2.75, 3.05) is 10.6 Å². The number of hydrogen-bond acceptors (Lipinski definition) is 3. The zero-order valence-corrected chi connectivity index (χ0v) is 20.9. The lowest BCUT2D eigenvalue weighted by Crippen LogP contribution is -2.27. The lowest BCUT2D eigenvalue weighted by atomic mass is 10.1. The summed E-state index contributed by atoms with van der Waals surface area (Å²) >= 11 is 6.73. The average Bonchev–Trinajstić information content (AvgIpc) is 2.84. The smallest absolute Gasteiger partial charge is 0.326 e. The molecular weight excluding hydrogens is 561 g/mol. The summed E-state index contributed by atoms with van der Waals surface area (Å²) in [5.41, 5.74) is -3.30. The van der Waals surface area contributed by atoms with Crippen molar-refractivity contribution in [1.29, 1.82) is 0 Å². The molecule has 2 amide bonds.